The fourth-order valence-electron chi connectivity index (χ4n) is 2.77. The molecule has 1 aliphatic heterocycles. The second kappa shape index (κ2) is 6.73. The average Bonchev–Trinajstić information content (AvgIpc) is 2.56. The Bertz CT molecular complexity index is 689. The minimum absolute atomic E-state index is 0.0163. The maximum absolute atomic E-state index is 13.4. The lowest BCUT2D eigenvalue weighted by Crippen LogP contribution is -2.48. The maximum atomic E-state index is 13.4. The minimum Gasteiger partial charge on any atom is -0.369 e. The van der Waals surface area contributed by atoms with Crippen molar-refractivity contribution in [2.75, 3.05) is 18.0 Å². The number of amides is 1. The fourth-order valence-corrected chi connectivity index (χ4v) is 2.77. The number of benzene rings is 1. The van der Waals surface area contributed by atoms with Gasteiger partial charge in [0, 0.05) is 31.0 Å². The topological polar surface area (TPSA) is 58.1 Å². The van der Waals surface area contributed by atoms with E-state index < -0.39 is 0 Å². The quantitative estimate of drug-likeness (QED) is 0.944. The molecular weight excluding hydrogens is 295 g/mol. The molecule has 0 spiro atoms. The van der Waals surface area contributed by atoms with Gasteiger partial charge in [-0.15, -0.1) is 0 Å². The minimum atomic E-state index is -0.247. The van der Waals surface area contributed by atoms with E-state index >= 15 is 0 Å². The van der Waals surface area contributed by atoms with Gasteiger partial charge in [-0.2, -0.15) is 0 Å². The van der Waals surface area contributed by atoms with Gasteiger partial charge in [0.2, 0.25) is 0 Å². The molecule has 1 atom stereocenters. The summed E-state index contributed by atoms with van der Waals surface area (Å²) in [7, 11) is 0. The number of halogens is 1. The molecule has 1 aromatic heterocycles. The Kier molecular flexibility index (Phi) is 4.50. The van der Waals surface area contributed by atoms with E-state index in [1.54, 1.807) is 12.3 Å². The highest BCUT2D eigenvalue weighted by molar-refractivity contribution is 5.92. The first kappa shape index (κ1) is 15.4. The summed E-state index contributed by atoms with van der Waals surface area (Å²) in [6, 6.07) is 6.56. The van der Waals surface area contributed by atoms with Crippen molar-refractivity contribution in [3.05, 3.63) is 53.9 Å². The second-order valence-corrected chi connectivity index (χ2v) is 5.78. The van der Waals surface area contributed by atoms with Crippen LogP contribution in [-0.4, -0.2) is 35.0 Å². The third-order valence-corrected chi connectivity index (χ3v) is 3.94. The molecule has 0 saturated carbocycles. The van der Waals surface area contributed by atoms with E-state index in [-0.39, 0.29) is 17.8 Å². The van der Waals surface area contributed by atoms with Crippen molar-refractivity contribution in [1.29, 1.82) is 0 Å². The number of hydrogen-bond acceptors (Lipinski definition) is 4. The summed E-state index contributed by atoms with van der Waals surface area (Å²) in [6.45, 7) is 3.35. The molecule has 1 aromatic carbocycles. The van der Waals surface area contributed by atoms with Crippen LogP contribution >= 0.6 is 0 Å². The smallest absolute Gasteiger partial charge is 0.271 e. The molecule has 0 bridgehead atoms. The van der Waals surface area contributed by atoms with Crippen LogP contribution in [0.5, 0.6) is 0 Å². The third-order valence-electron chi connectivity index (χ3n) is 3.94. The normalized spacial score (nSPS) is 17.8. The number of rotatable bonds is 3. The Morgan fingerprint density at radius 1 is 1.35 bits per heavy atom. The number of nitrogens with one attached hydrogen (secondary N) is 1. The van der Waals surface area contributed by atoms with Crippen LogP contribution in [-0.2, 0) is 0 Å². The molecule has 1 amide bonds. The van der Waals surface area contributed by atoms with Gasteiger partial charge in [0.1, 0.15) is 11.5 Å². The average molecular weight is 314 g/mol. The van der Waals surface area contributed by atoms with Gasteiger partial charge in [0.15, 0.2) is 0 Å². The molecule has 2 aromatic rings. The van der Waals surface area contributed by atoms with Crippen LogP contribution in [0.2, 0.25) is 0 Å². The SMILES string of the molecule is Cc1cnc(C(=O)NC2CCCN(c3cccc(F)c3)C2)cn1. The molecule has 1 unspecified atom stereocenters. The largest absolute Gasteiger partial charge is 0.369 e. The van der Waals surface area contributed by atoms with Crippen LogP contribution in [0.1, 0.15) is 29.0 Å². The fraction of sp³-hybridized carbons (Fsp3) is 0.353. The zero-order valence-corrected chi connectivity index (χ0v) is 13.0. The van der Waals surface area contributed by atoms with Crippen LogP contribution in [0, 0.1) is 12.7 Å². The lowest BCUT2D eigenvalue weighted by molar-refractivity contribution is 0.0927. The Labute approximate surface area is 134 Å². The van der Waals surface area contributed by atoms with Crippen molar-refractivity contribution in [1.82, 2.24) is 15.3 Å². The van der Waals surface area contributed by atoms with Crippen molar-refractivity contribution in [3.8, 4) is 0 Å². The first-order valence-electron chi connectivity index (χ1n) is 7.72. The predicted octanol–water partition coefficient (Wildman–Crippen LogP) is 2.32. The van der Waals surface area contributed by atoms with E-state index in [9.17, 15) is 9.18 Å². The summed E-state index contributed by atoms with van der Waals surface area (Å²) in [4.78, 5) is 22.5. The Hall–Kier alpha value is -2.50. The van der Waals surface area contributed by atoms with Gasteiger partial charge in [0.05, 0.1) is 11.9 Å². The molecule has 1 N–H and O–H groups in total. The van der Waals surface area contributed by atoms with Gasteiger partial charge >= 0.3 is 0 Å². The Balaban J connectivity index is 1.64. The molecule has 2 heterocycles. The van der Waals surface area contributed by atoms with E-state index in [4.69, 9.17) is 0 Å². The number of aromatic nitrogens is 2. The van der Waals surface area contributed by atoms with E-state index in [1.807, 2.05) is 13.0 Å². The van der Waals surface area contributed by atoms with Crippen molar-refractivity contribution < 1.29 is 9.18 Å². The highest BCUT2D eigenvalue weighted by atomic mass is 19.1. The second-order valence-electron chi connectivity index (χ2n) is 5.78. The van der Waals surface area contributed by atoms with Gasteiger partial charge in [0.25, 0.3) is 5.91 Å². The third kappa shape index (κ3) is 3.83. The van der Waals surface area contributed by atoms with Gasteiger partial charge in [-0.3, -0.25) is 9.78 Å². The first-order chi connectivity index (χ1) is 11.1. The van der Waals surface area contributed by atoms with E-state index in [0.717, 1.165) is 30.8 Å². The van der Waals surface area contributed by atoms with Gasteiger partial charge < -0.3 is 10.2 Å². The molecule has 0 radical (unpaired) electrons. The molecule has 3 rings (SSSR count). The summed E-state index contributed by atoms with van der Waals surface area (Å²) < 4.78 is 13.4. The molecule has 6 heteroatoms. The Morgan fingerprint density at radius 3 is 2.96 bits per heavy atom. The molecular formula is C17H19FN4O. The Morgan fingerprint density at radius 2 is 2.22 bits per heavy atom. The summed E-state index contributed by atoms with van der Waals surface area (Å²) >= 11 is 0. The van der Waals surface area contributed by atoms with E-state index in [0.29, 0.717) is 12.2 Å². The van der Waals surface area contributed by atoms with Gasteiger partial charge in [-0.05, 0) is 38.0 Å². The highest BCUT2D eigenvalue weighted by Crippen LogP contribution is 2.20. The standard InChI is InChI=1S/C17H19FN4O/c1-12-9-20-16(10-19-12)17(23)21-14-5-3-7-22(11-14)15-6-2-4-13(18)8-15/h2,4,6,8-10,14H,3,5,7,11H2,1H3,(H,21,23). The molecule has 23 heavy (non-hydrogen) atoms. The molecule has 0 aliphatic carbocycles. The van der Waals surface area contributed by atoms with Crippen molar-refractivity contribution in [2.45, 2.75) is 25.8 Å². The summed E-state index contributed by atoms with van der Waals surface area (Å²) in [5.74, 6) is -0.466. The number of aryl methyl sites for hydroxylation is 1. The number of hydrogen-bond donors (Lipinski definition) is 1. The van der Waals surface area contributed by atoms with Crippen molar-refractivity contribution in [3.63, 3.8) is 0 Å². The first-order valence-corrected chi connectivity index (χ1v) is 7.72. The highest BCUT2D eigenvalue weighted by Gasteiger charge is 2.22. The number of anilines is 1. The number of nitrogens with zero attached hydrogens (tertiary/aromatic N) is 3. The van der Waals surface area contributed by atoms with Gasteiger partial charge in [-0.1, -0.05) is 6.07 Å². The zero-order valence-electron chi connectivity index (χ0n) is 13.0. The molecule has 120 valence electrons. The van der Waals surface area contributed by atoms with E-state index in [2.05, 4.69) is 20.2 Å². The molecule has 1 aliphatic rings. The van der Waals surface area contributed by atoms with Crippen LogP contribution in [0.3, 0.4) is 0 Å². The molecule has 5 nitrogen and oxygen atoms in total. The maximum Gasteiger partial charge on any atom is 0.271 e. The number of carbonyl (C=O) groups excluding carboxylic acids is 1. The monoisotopic (exact) mass is 314 g/mol. The lowest BCUT2D eigenvalue weighted by Gasteiger charge is -2.34. The van der Waals surface area contributed by atoms with E-state index in [1.165, 1.54) is 18.3 Å². The summed E-state index contributed by atoms with van der Waals surface area (Å²) in [6.07, 6.45) is 4.91. The molecule has 1 fully saturated rings. The van der Waals surface area contributed by atoms with Crippen molar-refractivity contribution >= 4 is 11.6 Å². The number of carbonyl (C=O) groups is 1. The number of piperidine rings is 1. The van der Waals surface area contributed by atoms with Crippen LogP contribution in [0.25, 0.3) is 0 Å². The van der Waals surface area contributed by atoms with Crippen LogP contribution in [0.15, 0.2) is 36.7 Å². The molecule has 1 saturated heterocycles. The summed E-state index contributed by atoms with van der Waals surface area (Å²) in [5, 5.41) is 2.99. The summed E-state index contributed by atoms with van der Waals surface area (Å²) in [5.41, 5.74) is 1.94. The predicted molar refractivity (Wildman–Crippen MR) is 85.9 cm³/mol. The van der Waals surface area contributed by atoms with Gasteiger partial charge in [-0.25, -0.2) is 9.37 Å². The zero-order chi connectivity index (χ0) is 16.2. The van der Waals surface area contributed by atoms with Crippen molar-refractivity contribution in [2.24, 2.45) is 0 Å². The van der Waals surface area contributed by atoms with Crippen LogP contribution < -0.4 is 10.2 Å². The lowest BCUT2D eigenvalue weighted by atomic mass is 10.0. The van der Waals surface area contributed by atoms with Crippen LogP contribution in [0.4, 0.5) is 10.1 Å².